The summed E-state index contributed by atoms with van der Waals surface area (Å²) in [5.74, 6) is 0.383. The first-order valence-corrected chi connectivity index (χ1v) is 5.90. The topological polar surface area (TPSA) is 49.8 Å². The highest BCUT2D eigenvalue weighted by atomic mass is 19.1. The second-order valence-corrected chi connectivity index (χ2v) is 3.97. The molecule has 2 N–H and O–H groups in total. The molecule has 0 radical (unpaired) electrons. The van der Waals surface area contributed by atoms with E-state index in [0.29, 0.717) is 17.5 Å². The van der Waals surface area contributed by atoms with Crippen molar-refractivity contribution in [3.05, 3.63) is 41.7 Å². The second-order valence-electron chi connectivity index (χ2n) is 3.97. The van der Waals surface area contributed by atoms with Crippen LogP contribution in [0.25, 0.3) is 0 Å². The van der Waals surface area contributed by atoms with Gasteiger partial charge in [-0.15, -0.1) is 0 Å². The minimum Gasteiger partial charge on any atom is -0.370 e. The summed E-state index contributed by atoms with van der Waals surface area (Å²) in [6, 6.07) is 5.00. The van der Waals surface area contributed by atoms with Crippen LogP contribution in [0.3, 0.4) is 0 Å². The molecule has 4 nitrogen and oxygen atoms in total. The average Bonchev–Trinajstić information content (AvgIpc) is 2.32. The summed E-state index contributed by atoms with van der Waals surface area (Å²) < 4.78 is 26.3. The van der Waals surface area contributed by atoms with Crippen molar-refractivity contribution in [2.24, 2.45) is 0 Å². The van der Waals surface area contributed by atoms with Crippen molar-refractivity contribution in [1.82, 2.24) is 9.97 Å². The number of anilines is 3. The molecule has 2 aromatic rings. The lowest BCUT2D eigenvalue weighted by Gasteiger charge is -2.09. The molecule has 0 unspecified atom stereocenters. The summed E-state index contributed by atoms with van der Waals surface area (Å²) in [6.45, 7) is 4.41. The van der Waals surface area contributed by atoms with Gasteiger partial charge in [-0.25, -0.2) is 18.7 Å². The molecular weight excluding hydrogens is 250 g/mol. The van der Waals surface area contributed by atoms with E-state index in [1.54, 1.807) is 13.0 Å². The minimum atomic E-state index is -0.665. The Balaban J connectivity index is 2.27. The van der Waals surface area contributed by atoms with Gasteiger partial charge in [0.25, 0.3) is 0 Å². The molecule has 0 aliphatic heterocycles. The number of hydrogen-bond acceptors (Lipinski definition) is 4. The van der Waals surface area contributed by atoms with Crippen LogP contribution in [0.4, 0.5) is 26.1 Å². The van der Waals surface area contributed by atoms with Crippen molar-refractivity contribution in [1.29, 1.82) is 0 Å². The fourth-order valence-electron chi connectivity index (χ4n) is 1.63. The summed E-state index contributed by atoms with van der Waals surface area (Å²) in [4.78, 5) is 8.34. The molecule has 100 valence electrons. The van der Waals surface area contributed by atoms with E-state index < -0.39 is 11.6 Å². The lowest BCUT2D eigenvalue weighted by molar-refractivity contribution is 0.586. The fourth-order valence-corrected chi connectivity index (χ4v) is 1.63. The van der Waals surface area contributed by atoms with Gasteiger partial charge in [-0.05, 0) is 26.0 Å². The molecule has 2 rings (SSSR count). The molecule has 0 fully saturated rings. The normalized spacial score (nSPS) is 10.3. The van der Waals surface area contributed by atoms with Crippen LogP contribution >= 0.6 is 0 Å². The standard InChI is InChI=1S/C13H14F2N4/c1-3-16-12-7-13(18-8(2)17-12)19-11-5-4-9(14)6-10(11)15/h4-7H,3H2,1-2H3,(H2,16,17,18,19). The third kappa shape index (κ3) is 3.37. The van der Waals surface area contributed by atoms with Crippen molar-refractivity contribution in [3.8, 4) is 0 Å². The Hall–Kier alpha value is -2.24. The van der Waals surface area contributed by atoms with Crippen LogP contribution in [-0.4, -0.2) is 16.5 Å². The zero-order valence-electron chi connectivity index (χ0n) is 10.7. The smallest absolute Gasteiger partial charge is 0.149 e. The van der Waals surface area contributed by atoms with E-state index in [9.17, 15) is 8.78 Å². The number of hydrogen-bond donors (Lipinski definition) is 2. The van der Waals surface area contributed by atoms with Gasteiger partial charge in [0.2, 0.25) is 0 Å². The Kier molecular flexibility index (Phi) is 3.89. The molecule has 0 aliphatic rings. The van der Waals surface area contributed by atoms with Crippen LogP contribution in [0.1, 0.15) is 12.7 Å². The first kappa shape index (κ1) is 13.2. The summed E-state index contributed by atoms with van der Waals surface area (Å²) in [5.41, 5.74) is 0.168. The quantitative estimate of drug-likeness (QED) is 0.890. The monoisotopic (exact) mass is 264 g/mol. The SMILES string of the molecule is CCNc1cc(Nc2ccc(F)cc2F)nc(C)n1. The summed E-state index contributed by atoms with van der Waals surface area (Å²) >= 11 is 0. The maximum absolute atomic E-state index is 13.5. The van der Waals surface area contributed by atoms with Crippen LogP contribution in [-0.2, 0) is 0 Å². The molecule has 19 heavy (non-hydrogen) atoms. The molecule has 0 amide bonds. The van der Waals surface area contributed by atoms with E-state index in [2.05, 4.69) is 20.6 Å². The number of aryl methyl sites for hydroxylation is 1. The summed E-state index contributed by atoms with van der Waals surface area (Å²) in [7, 11) is 0. The third-order valence-electron chi connectivity index (χ3n) is 2.39. The molecule has 1 aromatic carbocycles. The predicted octanol–water partition coefficient (Wildman–Crippen LogP) is 3.24. The molecule has 1 aromatic heterocycles. The highest BCUT2D eigenvalue weighted by Crippen LogP contribution is 2.20. The van der Waals surface area contributed by atoms with Crippen molar-refractivity contribution in [3.63, 3.8) is 0 Å². The van der Waals surface area contributed by atoms with E-state index in [4.69, 9.17) is 0 Å². The number of rotatable bonds is 4. The molecule has 0 bridgehead atoms. The van der Waals surface area contributed by atoms with Gasteiger partial charge in [-0.3, -0.25) is 0 Å². The van der Waals surface area contributed by atoms with Gasteiger partial charge < -0.3 is 10.6 Å². The van der Waals surface area contributed by atoms with E-state index in [1.165, 1.54) is 12.1 Å². The van der Waals surface area contributed by atoms with E-state index in [0.717, 1.165) is 12.6 Å². The van der Waals surface area contributed by atoms with Gasteiger partial charge in [-0.2, -0.15) is 0 Å². The Morgan fingerprint density at radius 1 is 1.11 bits per heavy atom. The van der Waals surface area contributed by atoms with Crippen molar-refractivity contribution < 1.29 is 8.78 Å². The Bertz CT molecular complexity index is 587. The van der Waals surface area contributed by atoms with Crippen LogP contribution in [0, 0.1) is 18.6 Å². The maximum atomic E-state index is 13.5. The number of nitrogens with zero attached hydrogens (tertiary/aromatic N) is 2. The lowest BCUT2D eigenvalue weighted by atomic mass is 10.3. The van der Waals surface area contributed by atoms with E-state index >= 15 is 0 Å². The summed E-state index contributed by atoms with van der Waals surface area (Å²) in [5, 5.41) is 5.86. The van der Waals surface area contributed by atoms with Gasteiger partial charge in [0, 0.05) is 18.7 Å². The maximum Gasteiger partial charge on any atom is 0.149 e. The first-order chi connectivity index (χ1) is 9.08. The van der Waals surface area contributed by atoms with Gasteiger partial charge >= 0.3 is 0 Å². The highest BCUT2D eigenvalue weighted by molar-refractivity contribution is 5.59. The molecule has 0 atom stereocenters. The largest absolute Gasteiger partial charge is 0.370 e. The number of nitrogens with one attached hydrogen (secondary N) is 2. The minimum absolute atomic E-state index is 0.168. The van der Waals surface area contributed by atoms with Crippen LogP contribution in [0.2, 0.25) is 0 Å². The third-order valence-corrected chi connectivity index (χ3v) is 2.39. The Labute approximate surface area is 109 Å². The number of benzene rings is 1. The molecule has 0 saturated heterocycles. The van der Waals surface area contributed by atoms with E-state index in [-0.39, 0.29) is 5.69 Å². The zero-order valence-corrected chi connectivity index (χ0v) is 10.7. The first-order valence-electron chi connectivity index (χ1n) is 5.90. The van der Waals surface area contributed by atoms with Crippen molar-refractivity contribution in [2.45, 2.75) is 13.8 Å². The molecule has 0 aliphatic carbocycles. The van der Waals surface area contributed by atoms with Gasteiger partial charge in [0.15, 0.2) is 0 Å². The van der Waals surface area contributed by atoms with Gasteiger partial charge in [0.05, 0.1) is 5.69 Å². The lowest BCUT2D eigenvalue weighted by Crippen LogP contribution is -2.04. The fraction of sp³-hybridized carbons (Fsp3) is 0.231. The van der Waals surface area contributed by atoms with Crippen LogP contribution < -0.4 is 10.6 Å². The molecule has 0 saturated carbocycles. The van der Waals surface area contributed by atoms with Gasteiger partial charge in [-0.1, -0.05) is 0 Å². The molecule has 0 spiro atoms. The van der Waals surface area contributed by atoms with Crippen molar-refractivity contribution in [2.75, 3.05) is 17.2 Å². The second kappa shape index (κ2) is 5.60. The molecule has 1 heterocycles. The highest BCUT2D eigenvalue weighted by Gasteiger charge is 2.06. The van der Waals surface area contributed by atoms with Crippen molar-refractivity contribution >= 4 is 17.3 Å². The molecular formula is C13H14F2N4. The van der Waals surface area contributed by atoms with Crippen LogP contribution in [0.5, 0.6) is 0 Å². The summed E-state index contributed by atoms with van der Waals surface area (Å²) in [6.07, 6.45) is 0. The average molecular weight is 264 g/mol. The number of halogens is 2. The predicted molar refractivity (Wildman–Crippen MR) is 70.6 cm³/mol. The van der Waals surface area contributed by atoms with Crippen LogP contribution in [0.15, 0.2) is 24.3 Å². The zero-order chi connectivity index (χ0) is 13.8. The molecule has 6 heteroatoms. The Morgan fingerprint density at radius 2 is 1.84 bits per heavy atom. The van der Waals surface area contributed by atoms with Gasteiger partial charge in [0.1, 0.15) is 29.1 Å². The Morgan fingerprint density at radius 3 is 2.53 bits per heavy atom. The number of aromatic nitrogens is 2. The van der Waals surface area contributed by atoms with E-state index in [1.807, 2.05) is 6.92 Å².